The average Bonchev–Trinajstić information content (AvgIpc) is 1.95. The molecule has 0 bridgehead atoms. The maximum Gasteiger partial charge on any atom is 0.269 e. The van der Waals surface area contributed by atoms with E-state index in [9.17, 15) is 4.79 Å². The smallest absolute Gasteiger partial charge is 0.269 e. The molecular weight excluding hydrogens is 158 g/mol. The van der Waals surface area contributed by atoms with Gasteiger partial charge < -0.3 is 4.74 Å². The molecule has 0 unspecified atom stereocenters. The molecule has 4 heteroatoms. The molecule has 0 fully saturated rings. The van der Waals surface area contributed by atoms with Gasteiger partial charge in [0.25, 0.3) is 5.91 Å². The van der Waals surface area contributed by atoms with E-state index >= 15 is 0 Å². The molecule has 72 valence electrons. The fourth-order valence-corrected chi connectivity index (χ4v) is 0.464. The molecule has 0 aromatic heterocycles. The van der Waals surface area contributed by atoms with E-state index in [0.29, 0.717) is 6.61 Å². The molecule has 0 rings (SSSR count). The van der Waals surface area contributed by atoms with Gasteiger partial charge in [0, 0.05) is 0 Å². The molecule has 0 aromatic rings. The van der Waals surface area contributed by atoms with Crippen LogP contribution in [-0.4, -0.2) is 24.7 Å². The Morgan fingerprint density at radius 3 is 2.42 bits per heavy atom. The first-order chi connectivity index (χ1) is 5.45. The summed E-state index contributed by atoms with van der Waals surface area (Å²) in [5, 5.41) is 0. The van der Waals surface area contributed by atoms with Gasteiger partial charge >= 0.3 is 0 Å². The Hall–Kier alpha value is -0.610. The predicted octanol–water partition coefficient (Wildman–Crippen LogP) is 0.869. The van der Waals surface area contributed by atoms with E-state index in [4.69, 9.17) is 4.74 Å². The summed E-state index contributed by atoms with van der Waals surface area (Å²) < 4.78 is 5.20. The highest BCUT2D eigenvalue weighted by Crippen LogP contribution is 2.05. The minimum atomic E-state index is -0.288. The van der Waals surface area contributed by atoms with Crippen LogP contribution in [0.25, 0.3) is 0 Å². The van der Waals surface area contributed by atoms with Crippen LogP contribution in [0.15, 0.2) is 0 Å². The summed E-state index contributed by atoms with van der Waals surface area (Å²) in [4.78, 5) is 15.6. The normalized spacial score (nSPS) is 11.3. The van der Waals surface area contributed by atoms with Gasteiger partial charge in [-0.15, -0.1) is 0 Å². The second-order valence-electron chi connectivity index (χ2n) is 3.36. The number of amides is 1. The molecule has 0 aliphatic rings. The molecule has 0 aromatic carbocycles. The van der Waals surface area contributed by atoms with Gasteiger partial charge in [0.05, 0.1) is 12.2 Å². The van der Waals surface area contributed by atoms with Crippen LogP contribution in [0.3, 0.4) is 0 Å². The molecule has 1 amide bonds. The number of hydrogen-bond donors (Lipinski definition) is 1. The van der Waals surface area contributed by atoms with E-state index in [2.05, 4.69) is 10.3 Å². The van der Waals surface area contributed by atoms with Crippen molar-refractivity contribution in [1.82, 2.24) is 5.48 Å². The Balaban J connectivity index is 3.44. The van der Waals surface area contributed by atoms with Crippen molar-refractivity contribution >= 4 is 5.91 Å². The molecule has 0 heterocycles. The van der Waals surface area contributed by atoms with Gasteiger partial charge in [-0.3, -0.25) is 9.63 Å². The maximum atomic E-state index is 10.9. The largest absolute Gasteiger partial charge is 0.366 e. The van der Waals surface area contributed by atoms with Crippen molar-refractivity contribution in [2.75, 3.05) is 13.2 Å². The predicted molar refractivity (Wildman–Crippen MR) is 45.5 cm³/mol. The summed E-state index contributed by atoms with van der Waals surface area (Å²) in [5.74, 6) is -0.258. The molecular formula is C8H17NO3. The van der Waals surface area contributed by atoms with Crippen molar-refractivity contribution in [1.29, 1.82) is 0 Å². The van der Waals surface area contributed by atoms with E-state index < -0.39 is 0 Å². The number of hydrogen-bond acceptors (Lipinski definition) is 3. The van der Waals surface area contributed by atoms with Crippen LogP contribution in [0.2, 0.25) is 0 Å². The first-order valence-electron chi connectivity index (χ1n) is 4.00. The van der Waals surface area contributed by atoms with Crippen molar-refractivity contribution in [2.45, 2.75) is 33.3 Å². The monoisotopic (exact) mass is 175 g/mol. The van der Waals surface area contributed by atoms with Crippen molar-refractivity contribution < 1.29 is 14.4 Å². The summed E-state index contributed by atoms with van der Waals surface area (Å²) in [6.07, 6.45) is 0. The molecule has 12 heavy (non-hydrogen) atoms. The lowest BCUT2D eigenvalue weighted by atomic mass is 10.2. The number of rotatable bonds is 4. The zero-order chi connectivity index (χ0) is 9.61. The van der Waals surface area contributed by atoms with Crippen molar-refractivity contribution in [3.8, 4) is 0 Å². The van der Waals surface area contributed by atoms with Crippen molar-refractivity contribution in [3.05, 3.63) is 0 Å². The highest BCUT2D eigenvalue weighted by molar-refractivity contribution is 5.76. The fraction of sp³-hybridized carbons (Fsp3) is 0.875. The van der Waals surface area contributed by atoms with E-state index in [1.807, 2.05) is 20.8 Å². The number of carbonyl (C=O) groups excluding carboxylic acids is 1. The van der Waals surface area contributed by atoms with Gasteiger partial charge in [-0.2, -0.15) is 0 Å². The SMILES string of the molecule is CCONC(=O)COC(C)(C)C. The maximum absolute atomic E-state index is 10.9. The topological polar surface area (TPSA) is 47.6 Å². The number of hydroxylamine groups is 1. The van der Waals surface area contributed by atoms with Gasteiger partial charge in [0.15, 0.2) is 0 Å². The Kier molecular flexibility index (Phi) is 4.85. The summed E-state index contributed by atoms with van der Waals surface area (Å²) in [6.45, 7) is 7.96. The summed E-state index contributed by atoms with van der Waals surface area (Å²) >= 11 is 0. The molecule has 4 nitrogen and oxygen atoms in total. The standard InChI is InChI=1S/C8H17NO3/c1-5-12-9-7(10)6-11-8(2,3)4/h5-6H2,1-4H3,(H,9,10). The van der Waals surface area contributed by atoms with Crippen LogP contribution in [0, 0.1) is 0 Å². The number of nitrogens with one attached hydrogen (secondary N) is 1. The second kappa shape index (κ2) is 5.11. The number of ether oxygens (including phenoxy) is 1. The van der Waals surface area contributed by atoms with Crippen LogP contribution in [0.5, 0.6) is 0 Å². The lowest BCUT2D eigenvalue weighted by molar-refractivity contribution is -0.142. The molecule has 0 saturated carbocycles. The zero-order valence-electron chi connectivity index (χ0n) is 8.14. The Morgan fingerprint density at radius 2 is 2.00 bits per heavy atom. The lowest BCUT2D eigenvalue weighted by Crippen LogP contribution is -2.32. The first kappa shape index (κ1) is 11.4. The first-order valence-corrected chi connectivity index (χ1v) is 4.00. The molecule has 1 N–H and O–H groups in total. The van der Waals surface area contributed by atoms with E-state index in [1.54, 1.807) is 6.92 Å². The van der Waals surface area contributed by atoms with E-state index in [1.165, 1.54) is 0 Å². The van der Waals surface area contributed by atoms with Gasteiger partial charge in [-0.05, 0) is 27.7 Å². The summed E-state index contributed by atoms with van der Waals surface area (Å²) in [7, 11) is 0. The van der Waals surface area contributed by atoms with Gasteiger partial charge in [-0.25, -0.2) is 5.48 Å². The van der Waals surface area contributed by atoms with Crippen LogP contribution < -0.4 is 5.48 Å². The van der Waals surface area contributed by atoms with Gasteiger partial charge in [-0.1, -0.05) is 0 Å². The molecule has 0 aliphatic carbocycles. The quantitative estimate of drug-likeness (QED) is 0.645. The highest BCUT2D eigenvalue weighted by Gasteiger charge is 2.12. The molecule has 0 spiro atoms. The van der Waals surface area contributed by atoms with Crippen LogP contribution in [-0.2, 0) is 14.4 Å². The van der Waals surface area contributed by atoms with E-state index in [-0.39, 0.29) is 18.1 Å². The minimum absolute atomic E-state index is 0.0312. The van der Waals surface area contributed by atoms with Crippen molar-refractivity contribution in [3.63, 3.8) is 0 Å². The minimum Gasteiger partial charge on any atom is -0.366 e. The Bertz CT molecular complexity index is 140. The zero-order valence-corrected chi connectivity index (χ0v) is 8.14. The lowest BCUT2D eigenvalue weighted by Gasteiger charge is -2.18. The Morgan fingerprint density at radius 1 is 1.42 bits per heavy atom. The average molecular weight is 175 g/mol. The summed E-state index contributed by atoms with van der Waals surface area (Å²) in [5.41, 5.74) is 1.95. The highest BCUT2D eigenvalue weighted by atomic mass is 16.7. The molecule has 0 aliphatic heterocycles. The third kappa shape index (κ3) is 7.50. The summed E-state index contributed by atoms with van der Waals surface area (Å²) in [6, 6.07) is 0. The third-order valence-corrected chi connectivity index (χ3v) is 0.967. The molecule has 0 atom stereocenters. The van der Waals surface area contributed by atoms with Gasteiger partial charge in [0.2, 0.25) is 0 Å². The van der Waals surface area contributed by atoms with Crippen LogP contribution in [0.4, 0.5) is 0 Å². The Labute approximate surface area is 73.2 Å². The van der Waals surface area contributed by atoms with Crippen LogP contribution >= 0.6 is 0 Å². The second-order valence-corrected chi connectivity index (χ2v) is 3.36. The van der Waals surface area contributed by atoms with Crippen molar-refractivity contribution in [2.24, 2.45) is 0 Å². The molecule has 0 saturated heterocycles. The molecule has 0 radical (unpaired) electrons. The number of carbonyl (C=O) groups is 1. The fourth-order valence-electron chi connectivity index (χ4n) is 0.464. The van der Waals surface area contributed by atoms with Crippen LogP contribution in [0.1, 0.15) is 27.7 Å². The van der Waals surface area contributed by atoms with Gasteiger partial charge in [0.1, 0.15) is 6.61 Å². The van der Waals surface area contributed by atoms with E-state index in [0.717, 1.165) is 0 Å². The third-order valence-electron chi connectivity index (χ3n) is 0.967.